The van der Waals surface area contributed by atoms with Crippen molar-refractivity contribution in [3.8, 4) is 11.5 Å². The summed E-state index contributed by atoms with van der Waals surface area (Å²) in [6.45, 7) is 7.12. The molecule has 7 nitrogen and oxygen atoms in total. The average molecular weight is 522 g/mol. The molecule has 0 aliphatic carbocycles. The Kier molecular flexibility index (Phi) is 8.56. The Bertz CT molecular complexity index is 1250. The minimum atomic E-state index is -0.263. The Morgan fingerprint density at radius 1 is 1.00 bits per heavy atom. The van der Waals surface area contributed by atoms with E-state index in [1.807, 2.05) is 60.4 Å². The summed E-state index contributed by atoms with van der Waals surface area (Å²) in [6, 6.07) is 18.2. The smallest absolute Gasteiger partial charge is 0.259 e. The van der Waals surface area contributed by atoms with Crippen LogP contribution >= 0.6 is 11.6 Å². The molecule has 4 rings (SSSR count). The van der Waals surface area contributed by atoms with Crippen LogP contribution < -0.4 is 19.7 Å². The number of carbonyl (C=O) groups is 2. The number of piperazine rings is 1. The number of halogens is 1. The van der Waals surface area contributed by atoms with Crippen molar-refractivity contribution in [2.45, 2.75) is 20.3 Å². The van der Waals surface area contributed by atoms with E-state index in [0.717, 1.165) is 23.4 Å². The zero-order valence-electron chi connectivity index (χ0n) is 21.4. The normalized spacial score (nSPS) is 13.3. The summed E-state index contributed by atoms with van der Waals surface area (Å²) in [5.41, 5.74) is 3.48. The second-order valence-corrected chi connectivity index (χ2v) is 9.34. The summed E-state index contributed by atoms with van der Waals surface area (Å²) in [5, 5.41) is 3.44. The monoisotopic (exact) mass is 521 g/mol. The number of nitrogens with one attached hydrogen (secondary N) is 1. The number of aryl methyl sites for hydroxylation is 1. The number of hydrogen-bond donors (Lipinski definition) is 1. The summed E-state index contributed by atoms with van der Waals surface area (Å²) < 4.78 is 11.0. The van der Waals surface area contributed by atoms with Gasteiger partial charge in [0, 0.05) is 37.4 Å². The molecule has 0 unspecified atom stereocenters. The van der Waals surface area contributed by atoms with Crippen molar-refractivity contribution >= 4 is 34.8 Å². The zero-order valence-corrected chi connectivity index (χ0v) is 22.2. The number of ether oxygens (including phenoxy) is 2. The number of nitrogens with zero attached hydrogens (tertiary/aromatic N) is 2. The van der Waals surface area contributed by atoms with E-state index in [2.05, 4.69) is 17.1 Å². The van der Waals surface area contributed by atoms with E-state index in [9.17, 15) is 9.59 Å². The van der Waals surface area contributed by atoms with Gasteiger partial charge in [0.1, 0.15) is 11.5 Å². The average Bonchev–Trinajstić information content (AvgIpc) is 2.92. The highest BCUT2D eigenvalue weighted by Crippen LogP contribution is 2.31. The maximum Gasteiger partial charge on any atom is 0.259 e. The number of methoxy groups -OCH3 is 1. The molecule has 0 radical (unpaired) electrons. The summed E-state index contributed by atoms with van der Waals surface area (Å²) in [5.74, 6) is 1.07. The van der Waals surface area contributed by atoms with Gasteiger partial charge in [-0.25, -0.2) is 0 Å². The Morgan fingerprint density at radius 2 is 1.73 bits per heavy atom. The first-order valence-corrected chi connectivity index (χ1v) is 12.8. The lowest BCUT2D eigenvalue weighted by molar-refractivity contribution is 0.0746. The van der Waals surface area contributed by atoms with E-state index in [1.54, 1.807) is 19.2 Å². The molecule has 0 spiro atoms. The van der Waals surface area contributed by atoms with E-state index in [0.29, 0.717) is 60.4 Å². The zero-order chi connectivity index (χ0) is 26.4. The molecule has 1 N–H and O–H groups in total. The largest absolute Gasteiger partial charge is 0.496 e. The SMILES string of the molecule is CCCOc1ccc(C(=O)N2CCN(c3ccc(NC(=O)c4cccc(C)c4OC)cc3Cl)CC2)cc1. The highest BCUT2D eigenvalue weighted by Gasteiger charge is 2.24. The van der Waals surface area contributed by atoms with Gasteiger partial charge >= 0.3 is 0 Å². The molecular formula is C29H32ClN3O4. The lowest BCUT2D eigenvalue weighted by Gasteiger charge is -2.36. The fourth-order valence-electron chi connectivity index (χ4n) is 4.39. The number of hydrogen-bond acceptors (Lipinski definition) is 5. The molecule has 3 aromatic rings. The first-order valence-electron chi connectivity index (χ1n) is 12.4. The molecule has 37 heavy (non-hydrogen) atoms. The minimum Gasteiger partial charge on any atom is -0.496 e. The van der Waals surface area contributed by atoms with Crippen molar-refractivity contribution in [2.75, 3.05) is 50.1 Å². The molecule has 1 saturated heterocycles. The molecule has 1 heterocycles. The van der Waals surface area contributed by atoms with Crippen molar-refractivity contribution in [1.82, 2.24) is 4.90 Å². The molecule has 0 atom stereocenters. The number of rotatable bonds is 8. The van der Waals surface area contributed by atoms with Gasteiger partial charge in [0.15, 0.2) is 0 Å². The van der Waals surface area contributed by atoms with Gasteiger partial charge in [-0.3, -0.25) is 9.59 Å². The molecule has 0 saturated carbocycles. The second kappa shape index (κ2) is 12.0. The van der Waals surface area contributed by atoms with Crippen LogP contribution in [0.3, 0.4) is 0 Å². The van der Waals surface area contributed by atoms with E-state index >= 15 is 0 Å². The van der Waals surface area contributed by atoms with Gasteiger partial charge in [-0.1, -0.05) is 30.7 Å². The lowest BCUT2D eigenvalue weighted by atomic mass is 10.1. The molecule has 1 aliphatic rings. The third kappa shape index (κ3) is 6.17. The van der Waals surface area contributed by atoms with Crippen molar-refractivity contribution in [3.63, 3.8) is 0 Å². The molecular weight excluding hydrogens is 490 g/mol. The third-order valence-corrected chi connectivity index (χ3v) is 6.65. The molecule has 1 aliphatic heterocycles. The van der Waals surface area contributed by atoms with Crippen LogP contribution in [-0.2, 0) is 0 Å². The maximum absolute atomic E-state index is 13.0. The van der Waals surface area contributed by atoms with Crippen LogP contribution in [0.15, 0.2) is 60.7 Å². The van der Waals surface area contributed by atoms with Gasteiger partial charge in [0.05, 0.1) is 30.0 Å². The molecule has 1 fully saturated rings. The second-order valence-electron chi connectivity index (χ2n) is 8.93. The maximum atomic E-state index is 13.0. The van der Waals surface area contributed by atoms with Gasteiger partial charge in [-0.2, -0.15) is 0 Å². The van der Waals surface area contributed by atoms with Crippen molar-refractivity contribution in [2.24, 2.45) is 0 Å². The van der Waals surface area contributed by atoms with E-state index in [4.69, 9.17) is 21.1 Å². The summed E-state index contributed by atoms with van der Waals surface area (Å²) in [6.07, 6.45) is 0.939. The number of amides is 2. The Hall–Kier alpha value is -3.71. The van der Waals surface area contributed by atoms with Gasteiger partial charge in [0.2, 0.25) is 0 Å². The van der Waals surface area contributed by atoms with Gasteiger partial charge in [-0.15, -0.1) is 0 Å². The molecule has 2 amide bonds. The number of benzene rings is 3. The highest BCUT2D eigenvalue weighted by molar-refractivity contribution is 6.33. The van der Waals surface area contributed by atoms with E-state index < -0.39 is 0 Å². The van der Waals surface area contributed by atoms with Crippen LogP contribution in [0, 0.1) is 6.92 Å². The first kappa shape index (κ1) is 26.4. The summed E-state index contributed by atoms with van der Waals surface area (Å²) in [4.78, 5) is 29.8. The van der Waals surface area contributed by atoms with Crippen LogP contribution in [0.2, 0.25) is 5.02 Å². The molecule has 194 valence electrons. The fraction of sp³-hybridized carbons (Fsp3) is 0.310. The molecule has 3 aromatic carbocycles. The van der Waals surface area contributed by atoms with Gasteiger partial charge in [0.25, 0.3) is 11.8 Å². The topological polar surface area (TPSA) is 71.1 Å². The fourth-order valence-corrected chi connectivity index (χ4v) is 4.69. The van der Waals surface area contributed by atoms with Crippen molar-refractivity contribution < 1.29 is 19.1 Å². The van der Waals surface area contributed by atoms with E-state index in [1.165, 1.54) is 0 Å². The molecule has 0 bridgehead atoms. The van der Waals surface area contributed by atoms with Gasteiger partial charge in [-0.05, 0) is 67.4 Å². The predicted octanol–water partition coefficient (Wildman–Crippen LogP) is 5.66. The van der Waals surface area contributed by atoms with E-state index in [-0.39, 0.29) is 11.8 Å². The number of anilines is 2. The van der Waals surface area contributed by atoms with Crippen molar-refractivity contribution in [1.29, 1.82) is 0 Å². The van der Waals surface area contributed by atoms with Crippen LogP contribution in [0.25, 0.3) is 0 Å². The van der Waals surface area contributed by atoms with Crippen LogP contribution in [0.1, 0.15) is 39.6 Å². The van der Waals surface area contributed by atoms with Crippen molar-refractivity contribution in [3.05, 3.63) is 82.4 Å². The third-order valence-electron chi connectivity index (χ3n) is 6.35. The Labute approximate surface area is 222 Å². The standard InChI is InChI=1S/C29H32ClN3O4/c1-4-18-37-23-11-8-21(9-12-23)29(35)33-16-14-32(15-17-33)26-13-10-22(19-25(26)30)31-28(34)24-7-5-6-20(2)27(24)36-3/h5-13,19H,4,14-18H2,1-3H3,(H,31,34). The summed E-state index contributed by atoms with van der Waals surface area (Å²) in [7, 11) is 1.55. The van der Waals surface area contributed by atoms with Gasteiger partial charge < -0.3 is 24.6 Å². The highest BCUT2D eigenvalue weighted by atomic mass is 35.5. The molecule has 8 heteroatoms. The van der Waals surface area contributed by atoms with Crippen LogP contribution in [-0.4, -0.2) is 56.6 Å². The van der Waals surface area contributed by atoms with Crippen LogP contribution in [0.5, 0.6) is 11.5 Å². The Balaban J connectivity index is 1.36. The number of para-hydroxylation sites is 1. The van der Waals surface area contributed by atoms with Crippen LogP contribution in [0.4, 0.5) is 11.4 Å². The molecule has 0 aromatic heterocycles. The minimum absolute atomic E-state index is 0.0115. The Morgan fingerprint density at radius 3 is 2.38 bits per heavy atom. The lowest BCUT2D eigenvalue weighted by Crippen LogP contribution is -2.48. The quantitative estimate of drug-likeness (QED) is 0.414. The summed E-state index contributed by atoms with van der Waals surface area (Å²) >= 11 is 6.61. The predicted molar refractivity (Wildman–Crippen MR) is 147 cm³/mol. The first-order chi connectivity index (χ1) is 17.9. The number of carbonyl (C=O) groups excluding carboxylic acids is 2.